The Hall–Kier alpha value is -0.800. The highest BCUT2D eigenvalue weighted by Gasteiger charge is 2.15. The minimum Gasteiger partial charge on any atom is -0.465 e. The molecule has 16 heavy (non-hydrogen) atoms. The maximum absolute atomic E-state index is 5.62. The van der Waals surface area contributed by atoms with E-state index in [9.17, 15) is 0 Å². The van der Waals surface area contributed by atoms with Crippen molar-refractivity contribution in [2.24, 2.45) is 5.92 Å². The van der Waals surface area contributed by atoms with Gasteiger partial charge in [-0.05, 0) is 31.5 Å². The summed E-state index contributed by atoms with van der Waals surface area (Å²) in [4.78, 5) is 0. The molecule has 0 aromatic carbocycles. The highest BCUT2D eigenvalue weighted by Crippen LogP contribution is 2.17. The van der Waals surface area contributed by atoms with Crippen LogP contribution in [-0.4, -0.2) is 20.3 Å². The van der Waals surface area contributed by atoms with Gasteiger partial charge >= 0.3 is 0 Å². The standard InChI is InChI=1S/C13H23NO2/c1-5-10(2)8-14-12(9-15-4)13-7-6-11(3)16-13/h6-7,10,12,14H,5,8-9H2,1-4H3. The lowest BCUT2D eigenvalue weighted by molar-refractivity contribution is 0.154. The van der Waals surface area contributed by atoms with Crippen molar-refractivity contribution >= 4 is 0 Å². The molecule has 1 aromatic rings. The molecule has 0 radical (unpaired) electrons. The lowest BCUT2D eigenvalue weighted by atomic mass is 10.1. The van der Waals surface area contributed by atoms with E-state index in [-0.39, 0.29) is 6.04 Å². The minimum atomic E-state index is 0.160. The zero-order valence-corrected chi connectivity index (χ0v) is 10.7. The fourth-order valence-corrected chi connectivity index (χ4v) is 1.54. The Labute approximate surface area is 98.2 Å². The predicted octanol–water partition coefficient (Wildman–Crippen LogP) is 2.91. The van der Waals surface area contributed by atoms with Gasteiger partial charge in [-0.2, -0.15) is 0 Å². The van der Waals surface area contributed by atoms with Crippen LogP contribution in [0.2, 0.25) is 0 Å². The van der Waals surface area contributed by atoms with Gasteiger partial charge < -0.3 is 14.5 Å². The molecule has 3 nitrogen and oxygen atoms in total. The van der Waals surface area contributed by atoms with Crippen molar-refractivity contribution in [3.05, 3.63) is 23.7 Å². The molecule has 2 atom stereocenters. The zero-order chi connectivity index (χ0) is 12.0. The number of hydrogen-bond acceptors (Lipinski definition) is 3. The third-order valence-corrected chi connectivity index (χ3v) is 2.85. The molecular weight excluding hydrogens is 202 g/mol. The molecule has 0 saturated carbocycles. The summed E-state index contributed by atoms with van der Waals surface area (Å²) in [5, 5.41) is 3.48. The fourth-order valence-electron chi connectivity index (χ4n) is 1.54. The second-order valence-corrected chi connectivity index (χ2v) is 4.38. The zero-order valence-electron chi connectivity index (χ0n) is 10.7. The molecule has 1 heterocycles. The summed E-state index contributed by atoms with van der Waals surface area (Å²) < 4.78 is 10.8. The number of aryl methyl sites for hydroxylation is 1. The first-order chi connectivity index (χ1) is 7.67. The van der Waals surface area contributed by atoms with E-state index < -0.39 is 0 Å². The van der Waals surface area contributed by atoms with E-state index in [0.29, 0.717) is 12.5 Å². The average Bonchev–Trinajstić information content (AvgIpc) is 2.70. The highest BCUT2D eigenvalue weighted by atomic mass is 16.5. The lowest BCUT2D eigenvalue weighted by Gasteiger charge is -2.18. The van der Waals surface area contributed by atoms with E-state index >= 15 is 0 Å². The van der Waals surface area contributed by atoms with Gasteiger partial charge in [0, 0.05) is 7.11 Å². The average molecular weight is 225 g/mol. The van der Waals surface area contributed by atoms with Gasteiger partial charge in [-0.25, -0.2) is 0 Å². The molecule has 0 aliphatic carbocycles. The first-order valence-electron chi connectivity index (χ1n) is 5.96. The second kappa shape index (κ2) is 6.71. The molecule has 0 spiro atoms. The van der Waals surface area contributed by atoms with Crippen molar-refractivity contribution in [2.75, 3.05) is 20.3 Å². The van der Waals surface area contributed by atoms with Gasteiger partial charge in [-0.1, -0.05) is 20.3 Å². The molecule has 0 saturated heterocycles. The molecule has 0 fully saturated rings. The van der Waals surface area contributed by atoms with Crippen LogP contribution in [0.1, 0.15) is 37.8 Å². The van der Waals surface area contributed by atoms with E-state index in [1.807, 2.05) is 19.1 Å². The number of furan rings is 1. The number of nitrogens with one attached hydrogen (secondary N) is 1. The molecule has 0 aliphatic rings. The van der Waals surface area contributed by atoms with Crippen LogP contribution in [0.4, 0.5) is 0 Å². The molecule has 1 N–H and O–H groups in total. The van der Waals surface area contributed by atoms with Crippen LogP contribution >= 0.6 is 0 Å². The smallest absolute Gasteiger partial charge is 0.123 e. The number of rotatable bonds is 7. The molecule has 92 valence electrons. The maximum atomic E-state index is 5.62. The van der Waals surface area contributed by atoms with Crippen LogP contribution in [0.3, 0.4) is 0 Å². The van der Waals surface area contributed by atoms with Gasteiger partial charge in [0.15, 0.2) is 0 Å². The van der Waals surface area contributed by atoms with Gasteiger partial charge in [0.2, 0.25) is 0 Å². The van der Waals surface area contributed by atoms with Gasteiger partial charge in [-0.15, -0.1) is 0 Å². The molecule has 1 rings (SSSR count). The number of hydrogen-bond donors (Lipinski definition) is 1. The summed E-state index contributed by atoms with van der Waals surface area (Å²) in [7, 11) is 1.72. The summed E-state index contributed by atoms with van der Waals surface area (Å²) >= 11 is 0. The Morgan fingerprint density at radius 2 is 2.19 bits per heavy atom. The largest absolute Gasteiger partial charge is 0.465 e. The number of methoxy groups -OCH3 is 1. The maximum Gasteiger partial charge on any atom is 0.123 e. The first-order valence-corrected chi connectivity index (χ1v) is 5.96. The van der Waals surface area contributed by atoms with Crippen LogP contribution in [-0.2, 0) is 4.74 Å². The third kappa shape index (κ3) is 3.99. The Bertz CT molecular complexity index is 296. The Morgan fingerprint density at radius 1 is 1.44 bits per heavy atom. The number of ether oxygens (including phenoxy) is 1. The van der Waals surface area contributed by atoms with Crippen LogP contribution < -0.4 is 5.32 Å². The van der Waals surface area contributed by atoms with E-state index in [2.05, 4.69) is 19.2 Å². The predicted molar refractivity (Wildman–Crippen MR) is 65.5 cm³/mol. The molecule has 0 bridgehead atoms. The van der Waals surface area contributed by atoms with Crippen molar-refractivity contribution < 1.29 is 9.15 Å². The van der Waals surface area contributed by atoms with Crippen molar-refractivity contribution in [1.82, 2.24) is 5.32 Å². The molecular formula is C13H23NO2. The Kier molecular flexibility index (Phi) is 5.56. The Balaban J connectivity index is 2.53. The van der Waals surface area contributed by atoms with Gasteiger partial charge in [-0.3, -0.25) is 0 Å². The third-order valence-electron chi connectivity index (χ3n) is 2.85. The molecule has 3 heteroatoms. The first kappa shape index (κ1) is 13.3. The minimum absolute atomic E-state index is 0.160. The summed E-state index contributed by atoms with van der Waals surface area (Å²) in [5.74, 6) is 2.58. The van der Waals surface area contributed by atoms with Crippen molar-refractivity contribution in [1.29, 1.82) is 0 Å². The molecule has 0 aliphatic heterocycles. The van der Waals surface area contributed by atoms with E-state index in [1.165, 1.54) is 6.42 Å². The van der Waals surface area contributed by atoms with E-state index in [0.717, 1.165) is 18.1 Å². The quantitative estimate of drug-likeness (QED) is 0.774. The summed E-state index contributed by atoms with van der Waals surface area (Å²) in [5.41, 5.74) is 0. The summed E-state index contributed by atoms with van der Waals surface area (Å²) in [6, 6.07) is 4.17. The van der Waals surface area contributed by atoms with E-state index in [1.54, 1.807) is 7.11 Å². The van der Waals surface area contributed by atoms with Crippen molar-refractivity contribution in [2.45, 2.75) is 33.2 Å². The molecule has 0 amide bonds. The van der Waals surface area contributed by atoms with Crippen LogP contribution in [0.5, 0.6) is 0 Å². The SMILES string of the molecule is CCC(C)CNC(COC)c1ccc(C)o1. The van der Waals surface area contributed by atoms with Crippen LogP contribution in [0, 0.1) is 12.8 Å². The Morgan fingerprint density at radius 3 is 2.69 bits per heavy atom. The molecule has 1 aromatic heterocycles. The van der Waals surface area contributed by atoms with Crippen molar-refractivity contribution in [3.63, 3.8) is 0 Å². The highest BCUT2D eigenvalue weighted by molar-refractivity contribution is 5.09. The van der Waals surface area contributed by atoms with Crippen LogP contribution in [0.15, 0.2) is 16.5 Å². The molecule has 2 unspecified atom stereocenters. The van der Waals surface area contributed by atoms with Gasteiger partial charge in [0.25, 0.3) is 0 Å². The summed E-state index contributed by atoms with van der Waals surface area (Å²) in [6.45, 7) is 8.04. The van der Waals surface area contributed by atoms with Crippen LogP contribution in [0.25, 0.3) is 0 Å². The van der Waals surface area contributed by atoms with Gasteiger partial charge in [0.05, 0.1) is 12.6 Å². The normalized spacial score (nSPS) is 15.0. The van der Waals surface area contributed by atoms with Crippen molar-refractivity contribution in [3.8, 4) is 0 Å². The monoisotopic (exact) mass is 225 g/mol. The fraction of sp³-hybridized carbons (Fsp3) is 0.692. The van der Waals surface area contributed by atoms with E-state index in [4.69, 9.17) is 9.15 Å². The van der Waals surface area contributed by atoms with Gasteiger partial charge in [0.1, 0.15) is 11.5 Å². The lowest BCUT2D eigenvalue weighted by Crippen LogP contribution is -2.28. The summed E-state index contributed by atoms with van der Waals surface area (Å²) in [6.07, 6.45) is 1.18. The second-order valence-electron chi connectivity index (χ2n) is 4.38. The topological polar surface area (TPSA) is 34.4 Å².